The number of aryl methyl sites for hydroxylation is 1. The van der Waals surface area contributed by atoms with Crippen molar-refractivity contribution in [1.82, 2.24) is 14.5 Å². The van der Waals surface area contributed by atoms with Crippen molar-refractivity contribution in [2.45, 2.75) is 65.0 Å². The summed E-state index contributed by atoms with van der Waals surface area (Å²) in [4.78, 5) is 38.9. The number of hydrogen-bond donors (Lipinski definition) is 2. The lowest BCUT2D eigenvalue weighted by Crippen LogP contribution is -2.45. The fourth-order valence-corrected chi connectivity index (χ4v) is 4.41. The van der Waals surface area contributed by atoms with Crippen LogP contribution in [0.4, 0.5) is 0 Å². The van der Waals surface area contributed by atoms with E-state index in [4.69, 9.17) is 11.6 Å². The van der Waals surface area contributed by atoms with Crippen LogP contribution in [-0.2, 0) is 13.0 Å². The molecule has 0 unspecified atom stereocenters. The highest BCUT2D eigenvalue weighted by Gasteiger charge is 2.28. The summed E-state index contributed by atoms with van der Waals surface area (Å²) >= 11 is 6.30. The first-order valence-corrected chi connectivity index (χ1v) is 10.9. The van der Waals surface area contributed by atoms with Gasteiger partial charge < -0.3 is 10.4 Å². The molecule has 1 saturated carbocycles. The molecule has 30 heavy (non-hydrogen) atoms. The molecule has 1 heterocycles. The number of rotatable bonds is 6. The molecule has 1 aromatic carbocycles. The van der Waals surface area contributed by atoms with E-state index in [9.17, 15) is 19.5 Å². The van der Waals surface area contributed by atoms with E-state index in [-0.39, 0.29) is 12.6 Å². The average molecular weight is 434 g/mol. The number of nitrogens with zero attached hydrogens (tertiary/aromatic N) is 2. The number of halogens is 1. The molecule has 0 aliphatic heterocycles. The van der Waals surface area contributed by atoms with Gasteiger partial charge >= 0.3 is 5.69 Å². The van der Waals surface area contributed by atoms with E-state index in [0.29, 0.717) is 17.1 Å². The van der Waals surface area contributed by atoms with Gasteiger partial charge in [-0.15, -0.1) is 0 Å². The van der Waals surface area contributed by atoms with E-state index in [1.165, 1.54) is 4.57 Å². The summed E-state index contributed by atoms with van der Waals surface area (Å²) in [6.45, 7) is 3.99. The maximum atomic E-state index is 13.3. The molecule has 0 radical (unpaired) electrons. The van der Waals surface area contributed by atoms with Crippen molar-refractivity contribution < 1.29 is 9.90 Å². The standard InChI is InChI=1S/C22H28ClN3O4/c1-3-15-11-10-14(12-17(15)23)13-25-20(28)18(19(27)24-4-2)21(29)26(22(25)30)16-8-6-5-7-9-16/h10-12,16,29H,3-9,13H2,1-2H3,(H,24,27). The summed E-state index contributed by atoms with van der Waals surface area (Å²) in [5.41, 5.74) is -0.141. The van der Waals surface area contributed by atoms with Gasteiger partial charge in [-0.25, -0.2) is 4.79 Å². The maximum Gasteiger partial charge on any atom is 0.334 e. The van der Waals surface area contributed by atoms with Gasteiger partial charge in [-0.3, -0.25) is 18.7 Å². The first-order chi connectivity index (χ1) is 14.4. The minimum absolute atomic E-state index is 0.0270. The Morgan fingerprint density at radius 2 is 1.90 bits per heavy atom. The Bertz CT molecular complexity index is 1050. The Kier molecular flexibility index (Phi) is 7.02. The Morgan fingerprint density at radius 3 is 2.50 bits per heavy atom. The normalized spacial score (nSPS) is 14.6. The molecule has 162 valence electrons. The fourth-order valence-electron chi connectivity index (χ4n) is 4.07. The molecular formula is C22H28ClN3O4. The monoisotopic (exact) mass is 433 g/mol. The number of aromatic hydroxyl groups is 1. The molecule has 2 N–H and O–H groups in total. The molecule has 1 aromatic heterocycles. The third-order valence-corrected chi connectivity index (χ3v) is 6.04. The quantitative estimate of drug-likeness (QED) is 0.731. The first kappa shape index (κ1) is 22.2. The van der Waals surface area contributed by atoms with Crippen molar-refractivity contribution in [3.8, 4) is 5.88 Å². The molecule has 1 fully saturated rings. The van der Waals surface area contributed by atoms with E-state index < -0.39 is 28.6 Å². The molecule has 7 nitrogen and oxygen atoms in total. The summed E-state index contributed by atoms with van der Waals surface area (Å²) < 4.78 is 2.25. The number of carbonyl (C=O) groups is 1. The largest absolute Gasteiger partial charge is 0.494 e. The minimum atomic E-state index is -0.800. The van der Waals surface area contributed by atoms with Crippen LogP contribution in [0.3, 0.4) is 0 Å². The van der Waals surface area contributed by atoms with Crippen molar-refractivity contribution in [2.24, 2.45) is 0 Å². The van der Waals surface area contributed by atoms with Crippen LogP contribution in [0.25, 0.3) is 0 Å². The van der Waals surface area contributed by atoms with Crippen molar-refractivity contribution in [1.29, 1.82) is 0 Å². The smallest absolute Gasteiger partial charge is 0.334 e. The van der Waals surface area contributed by atoms with Gasteiger partial charge in [-0.2, -0.15) is 0 Å². The summed E-state index contributed by atoms with van der Waals surface area (Å²) in [6, 6.07) is 5.18. The lowest BCUT2D eigenvalue weighted by atomic mass is 9.95. The maximum absolute atomic E-state index is 13.3. The van der Waals surface area contributed by atoms with E-state index in [0.717, 1.165) is 48.7 Å². The molecule has 8 heteroatoms. The van der Waals surface area contributed by atoms with Gasteiger partial charge in [0.05, 0.1) is 6.54 Å². The van der Waals surface area contributed by atoms with Crippen LogP contribution in [0.2, 0.25) is 5.02 Å². The van der Waals surface area contributed by atoms with E-state index >= 15 is 0 Å². The number of aromatic nitrogens is 2. The van der Waals surface area contributed by atoms with Crippen LogP contribution in [0.15, 0.2) is 27.8 Å². The highest BCUT2D eigenvalue weighted by molar-refractivity contribution is 6.31. The van der Waals surface area contributed by atoms with Gasteiger partial charge in [0.2, 0.25) is 5.88 Å². The number of amides is 1. The summed E-state index contributed by atoms with van der Waals surface area (Å²) in [5.74, 6) is -1.23. The average Bonchev–Trinajstić information content (AvgIpc) is 2.72. The van der Waals surface area contributed by atoms with E-state index in [1.807, 2.05) is 19.1 Å². The van der Waals surface area contributed by atoms with Gasteiger partial charge in [-0.05, 0) is 43.4 Å². The van der Waals surface area contributed by atoms with Crippen LogP contribution in [0, 0.1) is 0 Å². The van der Waals surface area contributed by atoms with Gasteiger partial charge in [0, 0.05) is 17.6 Å². The third kappa shape index (κ3) is 4.31. The molecule has 2 aromatic rings. The third-order valence-electron chi connectivity index (χ3n) is 5.69. The zero-order chi connectivity index (χ0) is 21.8. The molecular weight excluding hydrogens is 406 g/mol. The molecule has 0 saturated heterocycles. The molecule has 1 amide bonds. The SMILES string of the molecule is CCNC(=O)c1c(O)n(C2CCCCC2)c(=O)n(Cc2ccc(CC)c(Cl)c2)c1=O. The van der Waals surface area contributed by atoms with Crippen LogP contribution in [0.5, 0.6) is 5.88 Å². The lowest BCUT2D eigenvalue weighted by molar-refractivity contribution is 0.0947. The number of carbonyl (C=O) groups excluding carboxylic acids is 1. The lowest BCUT2D eigenvalue weighted by Gasteiger charge is -2.26. The van der Waals surface area contributed by atoms with Crippen molar-refractivity contribution >= 4 is 17.5 Å². The second-order valence-corrected chi connectivity index (χ2v) is 8.08. The molecule has 3 rings (SSSR count). The predicted molar refractivity (Wildman–Crippen MR) is 117 cm³/mol. The van der Waals surface area contributed by atoms with Crippen molar-refractivity contribution in [2.75, 3.05) is 6.54 Å². The first-order valence-electron chi connectivity index (χ1n) is 10.5. The highest BCUT2D eigenvalue weighted by atomic mass is 35.5. The highest BCUT2D eigenvalue weighted by Crippen LogP contribution is 2.30. The Hall–Kier alpha value is -2.54. The summed E-state index contributed by atoms with van der Waals surface area (Å²) in [7, 11) is 0. The van der Waals surface area contributed by atoms with Crippen LogP contribution < -0.4 is 16.6 Å². The molecule has 1 aliphatic carbocycles. The zero-order valence-electron chi connectivity index (χ0n) is 17.4. The van der Waals surface area contributed by atoms with Gasteiger partial charge in [0.15, 0.2) is 5.56 Å². The zero-order valence-corrected chi connectivity index (χ0v) is 18.2. The van der Waals surface area contributed by atoms with Crippen molar-refractivity contribution in [3.05, 3.63) is 60.8 Å². The number of benzene rings is 1. The van der Waals surface area contributed by atoms with Gasteiger partial charge in [0.1, 0.15) is 0 Å². The van der Waals surface area contributed by atoms with Gasteiger partial charge in [-0.1, -0.05) is 49.9 Å². The second kappa shape index (κ2) is 9.51. The predicted octanol–water partition coefficient (Wildman–Crippen LogP) is 3.23. The summed E-state index contributed by atoms with van der Waals surface area (Å²) in [6.07, 6.45) is 5.14. The van der Waals surface area contributed by atoms with Crippen LogP contribution in [-0.4, -0.2) is 26.7 Å². The Morgan fingerprint density at radius 1 is 1.20 bits per heavy atom. The molecule has 0 bridgehead atoms. The topological polar surface area (TPSA) is 93.3 Å². The second-order valence-electron chi connectivity index (χ2n) is 7.67. The Balaban J connectivity index is 2.16. The summed E-state index contributed by atoms with van der Waals surface area (Å²) in [5, 5.41) is 13.9. The van der Waals surface area contributed by atoms with Gasteiger partial charge in [0.25, 0.3) is 11.5 Å². The number of hydrogen-bond acceptors (Lipinski definition) is 4. The van der Waals surface area contributed by atoms with Crippen LogP contribution in [0.1, 0.15) is 73.5 Å². The Labute approximate surface area is 180 Å². The fraction of sp³-hybridized carbons (Fsp3) is 0.500. The molecule has 0 spiro atoms. The van der Waals surface area contributed by atoms with E-state index in [1.54, 1.807) is 13.0 Å². The molecule has 0 atom stereocenters. The van der Waals surface area contributed by atoms with Crippen LogP contribution >= 0.6 is 11.6 Å². The van der Waals surface area contributed by atoms with Crippen molar-refractivity contribution in [3.63, 3.8) is 0 Å². The minimum Gasteiger partial charge on any atom is -0.494 e. The van der Waals surface area contributed by atoms with E-state index in [2.05, 4.69) is 5.32 Å². The molecule has 1 aliphatic rings. The number of nitrogens with one attached hydrogen (secondary N) is 1.